The molecule has 4 rings (SSSR count). The van der Waals surface area contributed by atoms with Crippen LogP contribution in [-0.2, 0) is 6.42 Å². The minimum atomic E-state index is -0.705. The number of oxime groups is 1. The van der Waals surface area contributed by atoms with Gasteiger partial charge in [0.15, 0.2) is 5.84 Å². The molecular weight excluding hydrogens is 386 g/mol. The number of rotatable bonds is 5. The van der Waals surface area contributed by atoms with Crippen molar-refractivity contribution in [2.24, 2.45) is 10.9 Å². The molecule has 0 amide bonds. The van der Waals surface area contributed by atoms with Crippen LogP contribution in [0.15, 0.2) is 59.9 Å². The van der Waals surface area contributed by atoms with Gasteiger partial charge >= 0.3 is 0 Å². The van der Waals surface area contributed by atoms with Crippen LogP contribution in [0.25, 0.3) is 33.2 Å². The minimum absolute atomic E-state index is 0.128. The molecule has 152 valence electrons. The van der Waals surface area contributed by atoms with Crippen molar-refractivity contribution in [2.45, 2.75) is 19.8 Å². The number of hydrogen-bond donors (Lipinski definition) is 3. The summed E-state index contributed by atoms with van der Waals surface area (Å²) in [5.74, 6) is -1.54. The number of aromatic nitrogens is 2. The average molecular weight is 406 g/mol. The Morgan fingerprint density at radius 3 is 2.53 bits per heavy atom. The molecule has 0 aliphatic heterocycles. The summed E-state index contributed by atoms with van der Waals surface area (Å²) in [5, 5.41) is 20.5. The zero-order valence-electron chi connectivity index (χ0n) is 16.3. The summed E-state index contributed by atoms with van der Waals surface area (Å²) in [5.41, 5.74) is 10.5. The molecule has 0 aliphatic carbocycles. The summed E-state index contributed by atoms with van der Waals surface area (Å²) < 4.78 is 28.1. The van der Waals surface area contributed by atoms with Gasteiger partial charge in [0.2, 0.25) is 0 Å². The Morgan fingerprint density at radius 2 is 1.83 bits per heavy atom. The molecule has 4 aromatic rings. The van der Waals surface area contributed by atoms with E-state index in [1.54, 1.807) is 12.3 Å². The summed E-state index contributed by atoms with van der Waals surface area (Å²) in [6.45, 7) is 2.05. The van der Waals surface area contributed by atoms with Gasteiger partial charge < -0.3 is 10.9 Å². The lowest BCUT2D eigenvalue weighted by Crippen LogP contribution is -2.15. The molecule has 0 bridgehead atoms. The molecule has 30 heavy (non-hydrogen) atoms. The summed E-state index contributed by atoms with van der Waals surface area (Å²) >= 11 is 0. The number of aryl methyl sites for hydroxylation is 1. The lowest BCUT2D eigenvalue weighted by Gasteiger charge is -2.18. The molecule has 7 heteroatoms. The van der Waals surface area contributed by atoms with Crippen molar-refractivity contribution >= 4 is 16.7 Å². The number of halogens is 2. The lowest BCUT2D eigenvalue weighted by atomic mass is 9.87. The van der Waals surface area contributed by atoms with E-state index in [1.807, 2.05) is 24.3 Å². The third-order valence-corrected chi connectivity index (χ3v) is 5.02. The summed E-state index contributed by atoms with van der Waals surface area (Å²) in [6, 6.07) is 12.8. The minimum Gasteiger partial charge on any atom is -0.409 e. The molecular formula is C23H20F2N4O. The molecule has 0 saturated heterocycles. The molecule has 5 nitrogen and oxygen atoms in total. The highest BCUT2D eigenvalue weighted by Gasteiger charge is 2.19. The second-order valence-corrected chi connectivity index (χ2v) is 7.13. The van der Waals surface area contributed by atoms with Gasteiger partial charge in [0.25, 0.3) is 0 Å². The van der Waals surface area contributed by atoms with E-state index >= 15 is 0 Å². The number of benzene rings is 3. The van der Waals surface area contributed by atoms with Gasteiger partial charge in [-0.15, -0.1) is 0 Å². The number of aromatic amines is 1. The Bertz CT molecular complexity index is 1240. The number of H-pyrrole nitrogens is 1. The van der Waals surface area contributed by atoms with Crippen LogP contribution in [0, 0.1) is 11.6 Å². The zero-order chi connectivity index (χ0) is 21.3. The Hall–Kier alpha value is -3.74. The first-order valence-electron chi connectivity index (χ1n) is 9.55. The van der Waals surface area contributed by atoms with Crippen molar-refractivity contribution in [1.82, 2.24) is 10.2 Å². The number of fused-ring (bicyclic) bond motifs is 1. The first-order chi connectivity index (χ1) is 14.5. The SMILES string of the molecule is CCCc1cc(/C(N)=N/O)c(-c2cc(F)cc(F)c2)c(-c2ccc3cn[nH]c3c2)c1. The normalized spacial score (nSPS) is 11.9. The van der Waals surface area contributed by atoms with Crippen LogP contribution in [0.3, 0.4) is 0 Å². The Labute approximate surface area is 171 Å². The van der Waals surface area contributed by atoms with Gasteiger partial charge in [0.05, 0.1) is 11.7 Å². The molecule has 0 radical (unpaired) electrons. The van der Waals surface area contributed by atoms with E-state index in [9.17, 15) is 14.0 Å². The first-order valence-corrected chi connectivity index (χ1v) is 9.55. The molecule has 0 atom stereocenters. The maximum atomic E-state index is 14.1. The van der Waals surface area contributed by atoms with Gasteiger partial charge in [-0.3, -0.25) is 5.10 Å². The molecule has 0 aliphatic rings. The van der Waals surface area contributed by atoms with Crippen LogP contribution < -0.4 is 5.73 Å². The van der Waals surface area contributed by atoms with Crippen LogP contribution in [0.2, 0.25) is 0 Å². The lowest BCUT2D eigenvalue weighted by molar-refractivity contribution is 0.318. The fourth-order valence-corrected chi connectivity index (χ4v) is 3.73. The van der Waals surface area contributed by atoms with Crippen molar-refractivity contribution < 1.29 is 14.0 Å². The fraction of sp³-hybridized carbons (Fsp3) is 0.130. The monoisotopic (exact) mass is 406 g/mol. The van der Waals surface area contributed by atoms with Crippen molar-refractivity contribution in [3.63, 3.8) is 0 Å². The first kappa shape index (κ1) is 19.6. The Balaban J connectivity index is 2.08. The van der Waals surface area contributed by atoms with Crippen molar-refractivity contribution in [3.05, 3.63) is 77.5 Å². The highest BCUT2D eigenvalue weighted by atomic mass is 19.1. The molecule has 0 fully saturated rings. The topological polar surface area (TPSA) is 87.3 Å². The number of hydrogen-bond acceptors (Lipinski definition) is 3. The molecule has 3 aromatic carbocycles. The van der Waals surface area contributed by atoms with Crippen LogP contribution >= 0.6 is 0 Å². The highest BCUT2D eigenvalue weighted by Crippen LogP contribution is 2.38. The fourth-order valence-electron chi connectivity index (χ4n) is 3.73. The van der Waals surface area contributed by atoms with Crippen LogP contribution in [0.5, 0.6) is 0 Å². The van der Waals surface area contributed by atoms with E-state index in [-0.39, 0.29) is 5.84 Å². The van der Waals surface area contributed by atoms with Gasteiger partial charge in [-0.25, -0.2) is 8.78 Å². The number of nitrogens with zero attached hydrogens (tertiary/aromatic N) is 2. The van der Waals surface area contributed by atoms with E-state index in [1.165, 1.54) is 12.1 Å². The van der Waals surface area contributed by atoms with Crippen LogP contribution in [0.4, 0.5) is 8.78 Å². The third kappa shape index (κ3) is 3.61. The Morgan fingerprint density at radius 1 is 1.07 bits per heavy atom. The zero-order valence-corrected chi connectivity index (χ0v) is 16.3. The van der Waals surface area contributed by atoms with Crippen LogP contribution in [0.1, 0.15) is 24.5 Å². The predicted octanol–water partition coefficient (Wildman–Crippen LogP) is 5.22. The number of nitrogens with two attached hydrogens (primary N) is 1. The quantitative estimate of drug-likeness (QED) is 0.184. The van der Waals surface area contributed by atoms with E-state index in [0.717, 1.165) is 46.5 Å². The standard InChI is InChI=1S/C23H20F2N4O/c1-2-3-13-6-19(14-4-5-15-12-27-28-21(15)10-14)22(20(7-13)23(26)29-30)16-8-17(24)11-18(25)9-16/h4-12,30H,2-3H2,1H3,(H2,26,29)(H,27,28). The van der Waals surface area contributed by atoms with Gasteiger partial charge in [0.1, 0.15) is 11.6 Å². The van der Waals surface area contributed by atoms with E-state index in [4.69, 9.17) is 5.73 Å². The molecule has 1 aromatic heterocycles. The van der Waals surface area contributed by atoms with Gasteiger partial charge in [-0.2, -0.15) is 5.10 Å². The average Bonchev–Trinajstić information content (AvgIpc) is 3.20. The van der Waals surface area contributed by atoms with Crippen LogP contribution in [-0.4, -0.2) is 21.2 Å². The van der Waals surface area contributed by atoms with Crippen molar-refractivity contribution in [3.8, 4) is 22.3 Å². The van der Waals surface area contributed by atoms with Crippen molar-refractivity contribution in [1.29, 1.82) is 0 Å². The Kier molecular flexibility index (Phi) is 5.18. The smallest absolute Gasteiger partial charge is 0.170 e. The van der Waals surface area contributed by atoms with Gasteiger partial charge in [-0.05, 0) is 52.9 Å². The van der Waals surface area contributed by atoms with Gasteiger partial charge in [-0.1, -0.05) is 36.7 Å². The van der Waals surface area contributed by atoms with E-state index < -0.39 is 11.6 Å². The number of amidine groups is 1. The maximum absolute atomic E-state index is 14.1. The van der Waals surface area contributed by atoms with Crippen molar-refractivity contribution in [2.75, 3.05) is 0 Å². The summed E-state index contributed by atoms with van der Waals surface area (Å²) in [7, 11) is 0. The summed E-state index contributed by atoms with van der Waals surface area (Å²) in [4.78, 5) is 0. The summed E-state index contributed by atoms with van der Waals surface area (Å²) in [6.07, 6.45) is 3.38. The molecule has 0 spiro atoms. The second kappa shape index (κ2) is 7.94. The third-order valence-electron chi connectivity index (χ3n) is 5.02. The second-order valence-electron chi connectivity index (χ2n) is 7.13. The molecule has 0 saturated carbocycles. The largest absolute Gasteiger partial charge is 0.409 e. The maximum Gasteiger partial charge on any atom is 0.170 e. The van der Waals surface area contributed by atoms with E-state index in [2.05, 4.69) is 22.3 Å². The number of nitrogens with one attached hydrogen (secondary N) is 1. The highest BCUT2D eigenvalue weighted by molar-refractivity contribution is 6.07. The molecule has 1 heterocycles. The predicted molar refractivity (Wildman–Crippen MR) is 113 cm³/mol. The van der Waals surface area contributed by atoms with Gasteiger partial charge in [0, 0.05) is 22.6 Å². The molecule has 0 unspecified atom stereocenters. The molecule has 4 N–H and O–H groups in total. The van der Waals surface area contributed by atoms with E-state index in [0.29, 0.717) is 16.7 Å².